The van der Waals surface area contributed by atoms with Gasteiger partial charge in [0.25, 0.3) is 0 Å². The summed E-state index contributed by atoms with van der Waals surface area (Å²) in [6.45, 7) is 0. The standard InChI is InChI=1S/C15H10FNO3/c1-19-15-11(3-2-6-17-15)14(18)13-8-9-7-10(16)4-5-12(9)20-13/h2-8H,1H3. The molecule has 0 N–H and O–H groups in total. The van der Waals surface area contributed by atoms with Crippen LogP contribution in [0.15, 0.2) is 47.0 Å². The van der Waals surface area contributed by atoms with E-state index in [1.54, 1.807) is 12.1 Å². The lowest BCUT2D eigenvalue weighted by Crippen LogP contribution is -2.03. The zero-order valence-corrected chi connectivity index (χ0v) is 10.6. The minimum absolute atomic E-state index is 0.122. The number of ether oxygens (including phenoxy) is 1. The molecule has 0 aliphatic heterocycles. The molecule has 5 heteroatoms. The fourth-order valence-electron chi connectivity index (χ4n) is 1.99. The number of hydrogen-bond donors (Lipinski definition) is 0. The van der Waals surface area contributed by atoms with Gasteiger partial charge in [0.2, 0.25) is 11.7 Å². The van der Waals surface area contributed by atoms with Gasteiger partial charge in [-0.25, -0.2) is 9.37 Å². The molecule has 0 aliphatic rings. The van der Waals surface area contributed by atoms with Gasteiger partial charge < -0.3 is 9.15 Å². The van der Waals surface area contributed by atoms with E-state index in [0.29, 0.717) is 16.5 Å². The maximum Gasteiger partial charge on any atom is 0.233 e. The highest BCUT2D eigenvalue weighted by atomic mass is 19.1. The van der Waals surface area contributed by atoms with Crippen LogP contribution in [0.2, 0.25) is 0 Å². The van der Waals surface area contributed by atoms with Gasteiger partial charge in [-0.05, 0) is 36.4 Å². The van der Waals surface area contributed by atoms with E-state index in [9.17, 15) is 9.18 Å². The zero-order valence-electron chi connectivity index (χ0n) is 10.6. The summed E-state index contributed by atoms with van der Waals surface area (Å²) in [6, 6.07) is 8.83. The minimum Gasteiger partial charge on any atom is -0.480 e. The summed E-state index contributed by atoms with van der Waals surface area (Å²) in [5.41, 5.74) is 0.757. The van der Waals surface area contributed by atoms with E-state index < -0.39 is 0 Å². The molecule has 4 nitrogen and oxygen atoms in total. The number of carbonyl (C=O) groups is 1. The smallest absolute Gasteiger partial charge is 0.233 e. The van der Waals surface area contributed by atoms with E-state index in [2.05, 4.69) is 4.98 Å². The Hall–Kier alpha value is -2.69. The monoisotopic (exact) mass is 271 g/mol. The first-order valence-corrected chi connectivity index (χ1v) is 5.92. The highest BCUT2D eigenvalue weighted by Gasteiger charge is 2.19. The molecule has 1 aromatic carbocycles. The van der Waals surface area contributed by atoms with Gasteiger partial charge in [0.15, 0.2) is 5.76 Å². The SMILES string of the molecule is COc1ncccc1C(=O)c1cc2cc(F)ccc2o1. The minimum atomic E-state index is -0.378. The van der Waals surface area contributed by atoms with Crippen molar-refractivity contribution in [3.05, 3.63) is 59.7 Å². The Bertz CT molecular complexity index is 795. The van der Waals surface area contributed by atoms with Gasteiger partial charge in [-0.3, -0.25) is 4.79 Å². The van der Waals surface area contributed by atoms with Gasteiger partial charge in [-0.2, -0.15) is 0 Å². The average molecular weight is 271 g/mol. The van der Waals surface area contributed by atoms with Crippen molar-refractivity contribution >= 4 is 16.8 Å². The molecule has 0 aliphatic carbocycles. The van der Waals surface area contributed by atoms with E-state index in [1.807, 2.05) is 0 Å². The fraction of sp³-hybridized carbons (Fsp3) is 0.0667. The number of benzene rings is 1. The number of nitrogens with zero attached hydrogens (tertiary/aromatic N) is 1. The summed E-state index contributed by atoms with van der Waals surface area (Å²) in [5, 5.41) is 0.538. The molecule has 0 bridgehead atoms. The van der Waals surface area contributed by atoms with Crippen LogP contribution in [0, 0.1) is 5.82 Å². The molecule has 100 valence electrons. The number of fused-ring (bicyclic) bond motifs is 1. The molecule has 2 aromatic heterocycles. The highest BCUT2D eigenvalue weighted by molar-refractivity contribution is 6.10. The Labute approximate surface area is 113 Å². The Balaban J connectivity index is 2.08. The Morgan fingerprint density at radius 2 is 2.15 bits per heavy atom. The largest absolute Gasteiger partial charge is 0.480 e. The van der Waals surface area contributed by atoms with Gasteiger partial charge in [0, 0.05) is 11.6 Å². The molecule has 0 unspecified atom stereocenters. The molecule has 20 heavy (non-hydrogen) atoms. The quantitative estimate of drug-likeness (QED) is 0.686. The molecule has 0 amide bonds. The Morgan fingerprint density at radius 3 is 2.95 bits per heavy atom. The predicted octanol–water partition coefficient (Wildman–Crippen LogP) is 3.21. The number of rotatable bonds is 3. The van der Waals surface area contributed by atoms with Gasteiger partial charge in [-0.15, -0.1) is 0 Å². The van der Waals surface area contributed by atoms with E-state index in [-0.39, 0.29) is 23.2 Å². The third-order valence-corrected chi connectivity index (χ3v) is 2.91. The van der Waals surface area contributed by atoms with E-state index in [4.69, 9.17) is 9.15 Å². The number of halogens is 1. The second-order valence-corrected chi connectivity index (χ2v) is 4.18. The van der Waals surface area contributed by atoms with Crippen LogP contribution in [0.4, 0.5) is 4.39 Å². The normalized spacial score (nSPS) is 10.7. The van der Waals surface area contributed by atoms with Crippen LogP contribution in [0.3, 0.4) is 0 Å². The van der Waals surface area contributed by atoms with Gasteiger partial charge in [0.05, 0.1) is 12.7 Å². The molecule has 0 atom stereocenters. The lowest BCUT2D eigenvalue weighted by Gasteiger charge is -2.03. The second kappa shape index (κ2) is 4.77. The average Bonchev–Trinajstić information content (AvgIpc) is 2.89. The van der Waals surface area contributed by atoms with Crippen LogP contribution < -0.4 is 4.74 Å². The summed E-state index contributed by atoms with van der Waals surface area (Å²) < 4.78 is 23.6. The number of pyridine rings is 1. The number of hydrogen-bond acceptors (Lipinski definition) is 4. The number of furan rings is 1. The lowest BCUT2D eigenvalue weighted by atomic mass is 10.1. The summed E-state index contributed by atoms with van der Waals surface area (Å²) in [6.07, 6.45) is 1.53. The van der Waals surface area contributed by atoms with Crippen molar-refractivity contribution in [3.63, 3.8) is 0 Å². The van der Waals surface area contributed by atoms with Crippen molar-refractivity contribution in [2.24, 2.45) is 0 Å². The molecule has 0 fully saturated rings. The first kappa shape index (κ1) is 12.3. The Morgan fingerprint density at radius 1 is 1.30 bits per heavy atom. The number of carbonyl (C=O) groups excluding carboxylic acids is 1. The highest BCUT2D eigenvalue weighted by Crippen LogP contribution is 2.24. The first-order chi connectivity index (χ1) is 9.69. The van der Waals surface area contributed by atoms with Gasteiger partial charge in [-0.1, -0.05) is 0 Å². The van der Waals surface area contributed by atoms with Crippen molar-refractivity contribution in [3.8, 4) is 5.88 Å². The third kappa shape index (κ3) is 2.03. The zero-order chi connectivity index (χ0) is 14.1. The topological polar surface area (TPSA) is 52.3 Å². The van der Waals surface area contributed by atoms with Crippen molar-refractivity contribution < 1.29 is 18.3 Å². The lowest BCUT2D eigenvalue weighted by molar-refractivity contribution is 0.101. The van der Waals surface area contributed by atoms with Crippen LogP contribution in [-0.2, 0) is 0 Å². The van der Waals surface area contributed by atoms with Crippen LogP contribution in [-0.4, -0.2) is 17.9 Å². The molecular formula is C15H10FNO3. The van der Waals surface area contributed by atoms with Gasteiger partial charge >= 0.3 is 0 Å². The Kier molecular flexibility index (Phi) is 2.95. The maximum absolute atomic E-state index is 13.1. The number of methoxy groups -OCH3 is 1. The number of aromatic nitrogens is 1. The van der Waals surface area contributed by atoms with E-state index >= 15 is 0 Å². The van der Waals surface area contributed by atoms with E-state index in [0.717, 1.165) is 0 Å². The summed E-state index contributed by atoms with van der Waals surface area (Å²) in [5.74, 6) is -0.385. The van der Waals surface area contributed by atoms with Crippen molar-refractivity contribution in [2.75, 3.05) is 7.11 Å². The molecule has 0 saturated heterocycles. The molecule has 3 rings (SSSR count). The summed E-state index contributed by atoms with van der Waals surface area (Å²) >= 11 is 0. The fourth-order valence-corrected chi connectivity index (χ4v) is 1.99. The van der Waals surface area contributed by atoms with Crippen molar-refractivity contribution in [1.29, 1.82) is 0 Å². The molecular weight excluding hydrogens is 261 g/mol. The third-order valence-electron chi connectivity index (χ3n) is 2.91. The second-order valence-electron chi connectivity index (χ2n) is 4.18. The molecule has 0 saturated carbocycles. The molecule has 2 heterocycles. The van der Waals surface area contributed by atoms with Crippen LogP contribution in [0.5, 0.6) is 5.88 Å². The molecule has 0 spiro atoms. The summed E-state index contributed by atoms with van der Waals surface area (Å²) in [7, 11) is 1.44. The predicted molar refractivity (Wildman–Crippen MR) is 70.4 cm³/mol. The molecule has 0 radical (unpaired) electrons. The van der Waals surface area contributed by atoms with Gasteiger partial charge in [0.1, 0.15) is 11.4 Å². The molecule has 3 aromatic rings. The summed E-state index contributed by atoms with van der Waals surface area (Å²) in [4.78, 5) is 16.3. The van der Waals surface area contributed by atoms with Crippen molar-refractivity contribution in [2.45, 2.75) is 0 Å². The number of ketones is 1. The maximum atomic E-state index is 13.1. The van der Waals surface area contributed by atoms with Crippen LogP contribution in [0.25, 0.3) is 11.0 Å². The van der Waals surface area contributed by atoms with E-state index in [1.165, 1.54) is 37.6 Å². The van der Waals surface area contributed by atoms with Crippen LogP contribution in [0.1, 0.15) is 16.1 Å². The van der Waals surface area contributed by atoms with Crippen molar-refractivity contribution in [1.82, 2.24) is 4.98 Å². The van der Waals surface area contributed by atoms with Crippen LogP contribution >= 0.6 is 0 Å². The first-order valence-electron chi connectivity index (χ1n) is 5.92.